The zero-order valence-corrected chi connectivity index (χ0v) is 10.9. The van der Waals surface area contributed by atoms with Gasteiger partial charge in [-0.15, -0.1) is 0 Å². The van der Waals surface area contributed by atoms with Gasteiger partial charge in [0.05, 0.1) is 13.3 Å². The summed E-state index contributed by atoms with van der Waals surface area (Å²) in [6, 6.07) is 9.97. The first-order valence-electron chi connectivity index (χ1n) is 6.04. The molecular weight excluding hydrogens is 254 g/mol. The van der Waals surface area contributed by atoms with Crippen LogP contribution in [0.3, 0.4) is 0 Å². The van der Waals surface area contributed by atoms with Crippen LogP contribution in [0.15, 0.2) is 49.1 Å². The minimum atomic E-state index is 0.340. The molecule has 6 heteroatoms. The average Bonchev–Trinajstić information content (AvgIpc) is 2.98. The smallest absolute Gasteiger partial charge is 0.242 e. The van der Waals surface area contributed by atoms with Gasteiger partial charge in [-0.25, -0.2) is 9.67 Å². The molecule has 0 aliphatic carbocycles. The largest absolute Gasteiger partial charge is 0.479 e. The van der Waals surface area contributed by atoms with Crippen molar-refractivity contribution >= 4 is 5.69 Å². The van der Waals surface area contributed by atoms with Crippen molar-refractivity contribution in [1.29, 1.82) is 0 Å². The monoisotopic (exact) mass is 267 g/mol. The number of nitrogens with zero attached hydrogens (tertiary/aromatic N) is 4. The number of nitrogens with two attached hydrogens (primary N) is 1. The minimum Gasteiger partial charge on any atom is -0.479 e. The molecule has 2 aromatic heterocycles. The number of hydrogen-bond acceptors (Lipinski definition) is 5. The number of rotatable bonds is 3. The first-order chi connectivity index (χ1) is 9.79. The van der Waals surface area contributed by atoms with Crippen molar-refractivity contribution in [3.05, 3.63) is 49.1 Å². The van der Waals surface area contributed by atoms with Crippen molar-refractivity contribution in [2.45, 2.75) is 0 Å². The molecule has 0 saturated heterocycles. The van der Waals surface area contributed by atoms with E-state index in [4.69, 9.17) is 10.5 Å². The number of nitrogen functional groups attached to an aromatic ring is 1. The predicted octanol–water partition coefficient (Wildman–Crippen LogP) is 1.92. The van der Waals surface area contributed by atoms with Crippen LogP contribution in [0.2, 0.25) is 0 Å². The van der Waals surface area contributed by atoms with Gasteiger partial charge in [0.15, 0.2) is 5.82 Å². The summed E-state index contributed by atoms with van der Waals surface area (Å²) in [7, 11) is 1.51. The van der Waals surface area contributed by atoms with Crippen molar-refractivity contribution in [3.8, 4) is 22.8 Å². The van der Waals surface area contributed by atoms with Gasteiger partial charge in [-0.05, 0) is 5.56 Å². The maximum Gasteiger partial charge on any atom is 0.242 e. The van der Waals surface area contributed by atoms with Crippen LogP contribution in [-0.4, -0.2) is 26.9 Å². The number of aromatic nitrogens is 4. The van der Waals surface area contributed by atoms with E-state index in [9.17, 15) is 0 Å². The van der Waals surface area contributed by atoms with Crippen LogP contribution in [0.4, 0.5) is 5.69 Å². The topological polar surface area (TPSA) is 78.9 Å². The lowest BCUT2D eigenvalue weighted by atomic mass is 10.1. The van der Waals surface area contributed by atoms with E-state index in [-0.39, 0.29) is 0 Å². The summed E-state index contributed by atoms with van der Waals surface area (Å²) >= 11 is 0. The third-order valence-corrected chi connectivity index (χ3v) is 2.93. The summed E-state index contributed by atoms with van der Waals surface area (Å²) < 4.78 is 6.69. The Labute approximate surface area is 115 Å². The number of benzene rings is 1. The van der Waals surface area contributed by atoms with Crippen molar-refractivity contribution < 1.29 is 4.74 Å². The first kappa shape index (κ1) is 12.2. The second kappa shape index (κ2) is 5.00. The molecule has 3 rings (SSSR count). The van der Waals surface area contributed by atoms with Crippen LogP contribution in [-0.2, 0) is 0 Å². The van der Waals surface area contributed by atoms with E-state index in [2.05, 4.69) is 15.1 Å². The molecule has 0 aliphatic heterocycles. The summed E-state index contributed by atoms with van der Waals surface area (Å²) in [6.45, 7) is 0. The van der Waals surface area contributed by atoms with E-state index in [0.29, 0.717) is 17.4 Å². The first-order valence-corrected chi connectivity index (χ1v) is 6.04. The van der Waals surface area contributed by atoms with Crippen molar-refractivity contribution in [2.75, 3.05) is 12.8 Å². The zero-order valence-electron chi connectivity index (χ0n) is 10.9. The summed E-state index contributed by atoms with van der Waals surface area (Å²) in [4.78, 5) is 8.10. The lowest BCUT2D eigenvalue weighted by molar-refractivity contribution is 0.399. The summed E-state index contributed by atoms with van der Waals surface area (Å²) in [5.41, 5.74) is 8.39. The highest BCUT2D eigenvalue weighted by molar-refractivity contribution is 5.64. The summed E-state index contributed by atoms with van der Waals surface area (Å²) in [6.07, 6.45) is 5.03. The molecule has 0 radical (unpaired) electrons. The lowest BCUT2D eigenvalue weighted by Crippen LogP contribution is -2.06. The second-order valence-corrected chi connectivity index (χ2v) is 4.16. The molecule has 0 unspecified atom stereocenters. The van der Waals surface area contributed by atoms with E-state index in [1.165, 1.54) is 13.4 Å². The van der Waals surface area contributed by atoms with Gasteiger partial charge in [-0.1, -0.05) is 30.3 Å². The minimum absolute atomic E-state index is 0.340. The highest BCUT2D eigenvalue weighted by atomic mass is 16.5. The molecule has 0 fully saturated rings. The van der Waals surface area contributed by atoms with E-state index >= 15 is 0 Å². The number of methoxy groups -OCH3 is 1. The number of ether oxygens (including phenoxy) is 1. The molecule has 100 valence electrons. The van der Waals surface area contributed by atoms with Gasteiger partial charge in [0.2, 0.25) is 5.88 Å². The standard InChI is InChI=1S/C14H13N5O/c1-20-14-12(15)13(16-9-17-14)19-8-11(7-18-19)10-5-3-2-4-6-10/h2-9H,15H2,1H3. The highest BCUT2D eigenvalue weighted by Crippen LogP contribution is 2.25. The quantitative estimate of drug-likeness (QED) is 0.784. The zero-order chi connectivity index (χ0) is 13.9. The van der Waals surface area contributed by atoms with Gasteiger partial charge in [0, 0.05) is 11.8 Å². The molecule has 2 heterocycles. The second-order valence-electron chi connectivity index (χ2n) is 4.16. The molecule has 2 N–H and O–H groups in total. The lowest BCUT2D eigenvalue weighted by Gasteiger charge is -2.07. The molecule has 0 saturated carbocycles. The van der Waals surface area contributed by atoms with E-state index in [1.54, 1.807) is 10.9 Å². The molecule has 0 amide bonds. The van der Waals surface area contributed by atoms with Gasteiger partial charge >= 0.3 is 0 Å². The summed E-state index contributed by atoms with van der Waals surface area (Å²) in [5, 5.41) is 4.29. The Morgan fingerprint density at radius 2 is 1.90 bits per heavy atom. The van der Waals surface area contributed by atoms with E-state index < -0.39 is 0 Å². The maximum atomic E-state index is 5.96. The van der Waals surface area contributed by atoms with Crippen molar-refractivity contribution in [2.24, 2.45) is 0 Å². The Bertz CT molecular complexity index is 723. The Hall–Kier alpha value is -2.89. The third-order valence-electron chi connectivity index (χ3n) is 2.93. The van der Waals surface area contributed by atoms with Crippen LogP contribution in [0.5, 0.6) is 5.88 Å². The van der Waals surface area contributed by atoms with Gasteiger partial charge in [0.1, 0.15) is 12.0 Å². The fourth-order valence-corrected chi connectivity index (χ4v) is 1.93. The fraction of sp³-hybridized carbons (Fsp3) is 0.0714. The van der Waals surface area contributed by atoms with Crippen LogP contribution >= 0.6 is 0 Å². The molecule has 0 aliphatic rings. The van der Waals surface area contributed by atoms with Crippen LogP contribution in [0.25, 0.3) is 16.9 Å². The number of hydrogen-bond donors (Lipinski definition) is 1. The summed E-state index contributed by atoms with van der Waals surface area (Å²) in [5.74, 6) is 0.839. The molecule has 0 spiro atoms. The average molecular weight is 267 g/mol. The highest BCUT2D eigenvalue weighted by Gasteiger charge is 2.11. The van der Waals surface area contributed by atoms with Crippen LogP contribution in [0, 0.1) is 0 Å². The molecule has 0 atom stereocenters. The van der Waals surface area contributed by atoms with Crippen LogP contribution < -0.4 is 10.5 Å². The molecule has 20 heavy (non-hydrogen) atoms. The Morgan fingerprint density at radius 1 is 1.10 bits per heavy atom. The number of anilines is 1. The van der Waals surface area contributed by atoms with Gasteiger partial charge in [0.25, 0.3) is 0 Å². The molecule has 1 aromatic carbocycles. The predicted molar refractivity (Wildman–Crippen MR) is 75.6 cm³/mol. The molecule has 0 bridgehead atoms. The fourth-order valence-electron chi connectivity index (χ4n) is 1.93. The molecule has 3 aromatic rings. The Morgan fingerprint density at radius 3 is 2.65 bits per heavy atom. The van der Waals surface area contributed by atoms with E-state index in [1.807, 2.05) is 36.5 Å². The van der Waals surface area contributed by atoms with Gasteiger partial charge in [-0.3, -0.25) is 0 Å². The normalized spacial score (nSPS) is 10.4. The van der Waals surface area contributed by atoms with Gasteiger partial charge in [-0.2, -0.15) is 10.1 Å². The molecular formula is C14H13N5O. The third kappa shape index (κ3) is 2.07. The van der Waals surface area contributed by atoms with Crippen molar-refractivity contribution in [1.82, 2.24) is 19.7 Å². The molecule has 6 nitrogen and oxygen atoms in total. The van der Waals surface area contributed by atoms with Crippen LogP contribution in [0.1, 0.15) is 0 Å². The van der Waals surface area contributed by atoms with Gasteiger partial charge < -0.3 is 10.5 Å². The van der Waals surface area contributed by atoms with E-state index in [0.717, 1.165) is 11.1 Å². The Kier molecular flexibility index (Phi) is 3.04. The SMILES string of the molecule is COc1ncnc(-n2cc(-c3ccccc3)cn2)c1N. The Balaban J connectivity index is 2.03. The van der Waals surface area contributed by atoms with Crippen molar-refractivity contribution in [3.63, 3.8) is 0 Å². The maximum absolute atomic E-state index is 5.96.